The van der Waals surface area contributed by atoms with E-state index in [-0.39, 0.29) is 10.1 Å². The van der Waals surface area contributed by atoms with Gasteiger partial charge in [0.25, 0.3) is 5.22 Å². The van der Waals surface area contributed by atoms with Crippen molar-refractivity contribution in [3.63, 3.8) is 0 Å². The maximum absolute atomic E-state index is 11.7. The second-order valence-corrected chi connectivity index (χ2v) is 7.59. The topological polar surface area (TPSA) is 85.5 Å². The first-order chi connectivity index (χ1) is 13.5. The summed E-state index contributed by atoms with van der Waals surface area (Å²) >= 11 is 4.32. The number of hydrogen-bond acceptors (Lipinski definition) is 6. The number of halogens is 1. The molecule has 0 aliphatic rings. The Kier molecular flexibility index (Phi) is 6.89. The zero-order chi connectivity index (χ0) is 19.9. The molecule has 6 nitrogen and oxygen atoms in total. The van der Waals surface area contributed by atoms with Crippen LogP contribution in [0, 0.1) is 0 Å². The van der Waals surface area contributed by atoms with E-state index < -0.39 is 5.97 Å². The van der Waals surface area contributed by atoms with Crippen molar-refractivity contribution in [1.82, 2.24) is 10.2 Å². The minimum Gasteiger partial charge on any atom is -0.488 e. The van der Waals surface area contributed by atoms with Gasteiger partial charge in [0.1, 0.15) is 17.3 Å². The van der Waals surface area contributed by atoms with Crippen LogP contribution in [0.4, 0.5) is 0 Å². The standard InChI is InChI=1S/C20H17BrN2O4S/c1-2-18-22-23-20(27-18)28-17(19(24)25)11-14-5-3-4-6-16(14)26-12-13-7-9-15(21)10-8-13/h3-11H,2,12H2,1H3,(H,24,25)/b17-11-. The fraction of sp³-hybridized carbons (Fsp3) is 0.150. The fourth-order valence-electron chi connectivity index (χ4n) is 2.27. The van der Waals surface area contributed by atoms with E-state index in [1.807, 2.05) is 43.3 Å². The molecule has 2 aromatic carbocycles. The summed E-state index contributed by atoms with van der Waals surface area (Å²) in [5.74, 6) is -0.0287. The second-order valence-electron chi connectivity index (χ2n) is 5.68. The second kappa shape index (κ2) is 9.57. The SMILES string of the molecule is CCc1nnc(S/C(=C\c2ccccc2OCc2ccc(Br)cc2)C(=O)O)o1. The number of carbonyl (C=O) groups is 1. The smallest absolute Gasteiger partial charge is 0.342 e. The summed E-state index contributed by atoms with van der Waals surface area (Å²) in [5.41, 5.74) is 1.66. The van der Waals surface area contributed by atoms with Crippen LogP contribution in [0.25, 0.3) is 6.08 Å². The van der Waals surface area contributed by atoms with Crippen LogP contribution in [-0.4, -0.2) is 21.3 Å². The van der Waals surface area contributed by atoms with E-state index >= 15 is 0 Å². The van der Waals surface area contributed by atoms with Crippen LogP contribution < -0.4 is 4.74 Å². The molecule has 1 heterocycles. The predicted octanol–water partition coefficient (Wildman–Crippen LogP) is 5.19. The van der Waals surface area contributed by atoms with Crippen molar-refractivity contribution in [2.24, 2.45) is 0 Å². The van der Waals surface area contributed by atoms with Crippen LogP contribution in [0.5, 0.6) is 5.75 Å². The highest BCUT2D eigenvalue weighted by molar-refractivity contribution is 9.10. The summed E-state index contributed by atoms with van der Waals surface area (Å²) in [6.45, 7) is 2.26. The van der Waals surface area contributed by atoms with Crippen LogP contribution in [0.2, 0.25) is 0 Å². The summed E-state index contributed by atoms with van der Waals surface area (Å²) in [6, 6.07) is 15.1. The Balaban J connectivity index is 1.80. The predicted molar refractivity (Wildman–Crippen MR) is 110 cm³/mol. The minimum absolute atomic E-state index is 0.0611. The molecule has 0 atom stereocenters. The number of rotatable bonds is 8. The van der Waals surface area contributed by atoms with E-state index in [0.717, 1.165) is 21.8 Å². The van der Waals surface area contributed by atoms with Crippen molar-refractivity contribution in [2.75, 3.05) is 0 Å². The Hall–Kier alpha value is -2.58. The van der Waals surface area contributed by atoms with Gasteiger partial charge in [0.15, 0.2) is 0 Å². The Morgan fingerprint density at radius 1 is 1.21 bits per heavy atom. The maximum Gasteiger partial charge on any atom is 0.342 e. The number of nitrogens with zero attached hydrogens (tertiary/aromatic N) is 2. The summed E-state index contributed by atoms with van der Waals surface area (Å²) in [4.78, 5) is 11.7. The molecule has 1 N–H and O–H groups in total. The van der Waals surface area contributed by atoms with Crippen molar-refractivity contribution >= 4 is 39.7 Å². The fourth-order valence-corrected chi connectivity index (χ4v) is 3.21. The monoisotopic (exact) mass is 460 g/mol. The number of thioether (sulfide) groups is 1. The number of ether oxygens (including phenoxy) is 1. The van der Waals surface area contributed by atoms with Gasteiger partial charge in [-0.25, -0.2) is 4.79 Å². The maximum atomic E-state index is 11.7. The average Bonchev–Trinajstić information content (AvgIpc) is 3.15. The molecule has 0 amide bonds. The van der Waals surface area contributed by atoms with Gasteiger partial charge in [-0.3, -0.25) is 0 Å². The molecule has 0 saturated carbocycles. The lowest BCUT2D eigenvalue weighted by molar-refractivity contribution is -0.131. The van der Waals surface area contributed by atoms with Gasteiger partial charge in [-0.05, 0) is 41.6 Å². The zero-order valence-electron chi connectivity index (χ0n) is 15.0. The molecule has 144 valence electrons. The molecular formula is C20H17BrN2O4S. The van der Waals surface area contributed by atoms with E-state index in [2.05, 4.69) is 26.1 Å². The molecule has 0 saturated heterocycles. The van der Waals surface area contributed by atoms with E-state index in [0.29, 0.717) is 30.2 Å². The lowest BCUT2D eigenvalue weighted by Crippen LogP contribution is -1.99. The van der Waals surface area contributed by atoms with Gasteiger partial charge < -0.3 is 14.3 Å². The van der Waals surface area contributed by atoms with E-state index in [4.69, 9.17) is 9.15 Å². The highest BCUT2D eigenvalue weighted by atomic mass is 79.9. The summed E-state index contributed by atoms with van der Waals surface area (Å²) in [5, 5.41) is 17.5. The van der Waals surface area contributed by atoms with E-state index in [1.165, 1.54) is 0 Å². The molecule has 3 rings (SSSR count). The quantitative estimate of drug-likeness (QED) is 0.365. The summed E-state index contributed by atoms with van der Waals surface area (Å²) < 4.78 is 12.3. The number of para-hydroxylation sites is 1. The van der Waals surface area contributed by atoms with Gasteiger partial charge >= 0.3 is 5.97 Å². The number of carboxylic acids is 1. The zero-order valence-corrected chi connectivity index (χ0v) is 17.4. The molecule has 0 aliphatic carbocycles. The Bertz CT molecular complexity index is 986. The molecule has 8 heteroatoms. The highest BCUT2D eigenvalue weighted by Gasteiger charge is 2.16. The molecule has 0 unspecified atom stereocenters. The van der Waals surface area contributed by atoms with E-state index in [1.54, 1.807) is 18.2 Å². The van der Waals surface area contributed by atoms with Crippen molar-refractivity contribution in [2.45, 2.75) is 25.2 Å². The van der Waals surface area contributed by atoms with Crippen LogP contribution >= 0.6 is 27.7 Å². The van der Waals surface area contributed by atoms with Crippen LogP contribution in [0.1, 0.15) is 23.9 Å². The molecule has 0 fully saturated rings. The first-order valence-electron chi connectivity index (χ1n) is 8.46. The number of carboxylic acid groups (broad SMARTS) is 1. The molecule has 0 radical (unpaired) electrons. The van der Waals surface area contributed by atoms with Gasteiger partial charge in [-0.2, -0.15) is 0 Å². The molecule has 1 aromatic heterocycles. The van der Waals surface area contributed by atoms with Gasteiger partial charge in [-0.1, -0.05) is 53.2 Å². The highest BCUT2D eigenvalue weighted by Crippen LogP contribution is 2.30. The Morgan fingerprint density at radius 3 is 2.64 bits per heavy atom. The van der Waals surface area contributed by atoms with Crippen LogP contribution in [-0.2, 0) is 17.8 Å². The Labute approximate surface area is 174 Å². The number of benzene rings is 2. The largest absolute Gasteiger partial charge is 0.488 e. The molecule has 0 aliphatic heterocycles. The number of aryl methyl sites for hydroxylation is 1. The van der Waals surface area contributed by atoms with Gasteiger partial charge in [0, 0.05) is 16.5 Å². The van der Waals surface area contributed by atoms with E-state index in [9.17, 15) is 9.90 Å². The third kappa shape index (κ3) is 5.46. The van der Waals surface area contributed by atoms with Crippen molar-refractivity contribution < 1.29 is 19.1 Å². The molecule has 3 aromatic rings. The van der Waals surface area contributed by atoms with Gasteiger partial charge in [0.2, 0.25) is 5.89 Å². The number of aromatic nitrogens is 2. The van der Waals surface area contributed by atoms with Crippen LogP contribution in [0.3, 0.4) is 0 Å². The van der Waals surface area contributed by atoms with Crippen molar-refractivity contribution in [3.05, 3.63) is 74.9 Å². The van der Waals surface area contributed by atoms with Gasteiger partial charge in [0.05, 0.1) is 0 Å². The third-order valence-corrected chi connectivity index (χ3v) is 5.05. The molecule has 28 heavy (non-hydrogen) atoms. The molecular weight excluding hydrogens is 444 g/mol. The van der Waals surface area contributed by atoms with Crippen LogP contribution in [0.15, 0.2) is 67.5 Å². The first kappa shape index (κ1) is 20.2. The Morgan fingerprint density at radius 2 is 1.96 bits per heavy atom. The van der Waals surface area contributed by atoms with Crippen molar-refractivity contribution in [3.8, 4) is 5.75 Å². The van der Waals surface area contributed by atoms with Crippen molar-refractivity contribution in [1.29, 1.82) is 0 Å². The summed E-state index contributed by atoms with van der Waals surface area (Å²) in [6.07, 6.45) is 2.13. The summed E-state index contributed by atoms with van der Waals surface area (Å²) in [7, 11) is 0. The minimum atomic E-state index is -1.08. The number of aliphatic carboxylic acids is 1. The normalized spacial score (nSPS) is 11.4. The third-order valence-electron chi connectivity index (χ3n) is 3.67. The number of hydrogen-bond donors (Lipinski definition) is 1. The average molecular weight is 461 g/mol. The van der Waals surface area contributed by atoms with Gasteiger partial charge in [-0.15, -0.1) is 10.2 Å². The molecule has 0 spiro atoms. The lowest BCUT2D eigenvalue weighted by atomic mass is 10.2. The molecule has 0 bridgehead atoms. The lowest BCUT2D eigenvalue weighted by Gasteiger charge is -2.10. The first-order valence-corrected chi connectivity index (χ1v) is 10.1.